The second kappa shape index (κ2) is 20.7. The van der Waals surface area contributed by atoms with Gasteiger partial charge in [0.05, 0.1) is 24.9 Å². The molecule has 3 aromatic carbocycles. The Balaban J connectivity index is 1.16. The van der Waals surface area contributed by atoms with Gasteiger partial charge in [0, 0.05) is 49.5 Å². The molecule has 0 radical (unpaired) electrons. The van der Waals surface area contributed by atoms with Gasteiger partial charge < -0.3 is 25.2 Å². The van der Waals surface area contributed by atoms with E-state index in [-0.39, 0.29) is 54.5 Å². The first-order chi connectivity index (χ1) is 28.0. The van der Waals surface area contributed by atoms with Crippen molar-refractivity contribution in [3.63, 3.8) is 0 Å². The van der Waals surface area contributed by atoms with Gasteiger partial charge in [-0.3, -0.25) is 24.5 Å². The first-order valence-electron chi connectivity index (χ1n) is 21.5. The van der Waals surface area contributed by atoms with Crippen LogP contribution in [0.3, 0.4) is 0 Å². The molecule has 5 N–H and O–H groups in total. The first kappa shape index (κ1) is 43.4. The van der Waals surface area contributed by atoms with Gasteiger partial charge in [-0.15, -0.1) is 0 Å². The van der Waals surface area contributed by atoms with Crippen LogP contribution in [-0.2, 0) is 37.0 Å². The molecule has 3 fully saturated rings. The van der Waals surface area contributed by atoms with Gasteiger partial charge >= 0.3 is 0 Å². The summed E-state index contributed by atoms with van der Waals surface area (Å²) in [5.41, 5.74) is 7.15. The van der Waals surface area contributed by atoms with Crippen LogP contribution in [0.5, 0.6) is 0 Å². The minimum atomic E-state index is -0.635. The lowest BCUT2D eigenvalue weighted by molar-refractivity contribution is -0.255. The van der Waals surface area contributed by atoms with Gasteiger partial charge in [0.1, 0.15) is 0 Å². The summed E-state index contributed by atoms with van der Waals surface area (Å²) in [7, 11) is 0. The first-order valence-corrected chi connectivity index (χ1v) is 21.5. The Morgan fingerprint density at radius 1 is 0.776 bits per heavy atom. The summed E-state index contributed by atoms with van der Waals surface area (Å²) >= 11 is 0. The Labute approximate surface area is 344 Å². The van der Waals surface area contributed by atoms with Crippen molar-refractivity contribution in [1.29, 1.82) is 0 Å². The molecule has 11 nitrogen and oxygen atoms in total. The number of hydrogen-bond donors (Lipinski definition) is 5. The highest BCUT2D eigenvalue weighted by Gasteiger charge is 2.44. The Hall–Kier alpha value is -4.13. The van der Waals surface area contributed by atoms with Crippen LogP contribution >= 0.6 is 0 Å². The summed E-state index contributed by atoms with van der Waals surface area (Å²) < 4.78 is 13.7. The molecule has 3 amide bonds. The van der Waals surface area contributed by atoms with E-state index in [9.17, 15) is 19.5 Å². The van der Waals surface area contributed by atoms with E-state index < -0.39 is 6.29 Å². The molecule has 6 rings (SSSR count). The summed E-state index contributed by atoms with van der Waals surface area (Å²) in [4.78, 5) is 40.1. The minimum Gasteiger partial charge on any atom is -0.392 e. The number of likely N-dealkylation sites (tertiary alicyclic amines) is 1. The number of rotatable bonds is 16. The maximum Gasteiger partial charge on any atom is 0.243 e. The number of hydroxylamine groups is 1. The molecular formula is C47H64N4O7. The molecule has 0 aromatic heterocycles. The van der Waals surface area contributed by atoms with Crippen LogP contribution in [0.25, 0.3) is 11.1 Å². The van der Waals surface area contributed by atoms with E-state index >= 15 is 0 Å². The molecule has 2 aliphatic heterocycles. The predicted molar refractivity (Wildman–Crippen MR) is 223 cm³/mol. The topological polar surface area (TPSA) is 149 Å². The van der Waals surface area contributed by atoms with Crippen LogP contribution in [0.4, 0.5) is 0 Å². The van der Waals surface area contributed by atoms with E-state index in [1.807, 2.05) is 69.3 Å². The number of aliphatic hydroxyl groups is 1. The summed E-state index contributed by atoms with van der Waals surface area (Å²) in [5, 5.41) is 24.7. The predicted octanol–water partition coefficient (Wildman–Crippen LogP) is 7.79. The average Bonchev–Trinajstić information content (AvgIpc) is 3.23. The van der Waals surface area contributed by atoms with Gasteiger partial charge in [-0.05, 0) is 105 Å². The largest absolute Gasteiger partial charge is 0.392 e. The second-order valence-corrected chi connectivity index (χ2v) is 17.5. The number of ether oxygens (including phenoxy) is 2. The molecular weight excluding hydrogens is 733 g/mol. The molecule has 3 aromatic rings. The van der Waals surface area contributed by atoms with Gasteiger partial charge in [-0.2, -0.15) is 0 Å². The maximum absolute atomic E-state index is 13.9. The minimum absolute atomic E-state index is 0.00748. The molecule has 2 saturated heterocycles. The lowest BCUT2D eigenvalue weighted by atomic mass is 9.75. The number of carbonyl (C=O) groups is 3. The quantitative estimate of drug-likeness (QED) is 0.0561. The van der Waals surface area contributed by atoms with Gasteiger partial charge in [-0.1, -0.05) is 86.3 Å². The third-order valence-corrected chi connectivity index (χ3v) is 11.9. The van der Waals surface area contributed by atoms with Crippen LogP contribution in [0.1, 0.15) is 139 Å². The highest BCUT2D eigenvalue weighted by atomic mass is 16.7. The third-order valence-electron chi connectivity index (χ3n) is 11.9. The number of nitrogens with zero attached hydrogens (tertiary/aromatic N) is 1. The number of aliphatic hydroxyl groups excluding tert-OH is 1. The van der Waals surface area contributed by atoms with Crippen LogP contribution < -0.4 is 16.1 Å². The van der Waals surface area contributed by atoms with Gasteiger partial charge in [0.25, 0.3) is 0 Å². The van der Waals surface area contributed by atoms with Crippen molar-refractivity contribution in [2.75, 3.05) is 6.54 Å². The average molecular weight is 797 g/mol. The Bertz CT molecular complexity index is 1810. The Morgan fingerprint density at radius 2 is 1.48 bits per heavy atom. The van der Waals surface area contributed by atoms with Crippen molar-refractivity contribution in [1.82, 2.24) is 21.0 Å². The van der Waals surface area contributed by atoms with Crippen molar-refractivity contribution >= 4 is 17.7 Å². The smallest absolute Gasteiger partial charge is 0.243 e. The molecule has 0 bridgehead atoms. The van der Waals surface area contributed by atoms with Gasteiger partial charge in [0.15, 0.2) is 6.29 Å². The maximum atomic E-state index is 13.9. The van der Waals surface area contributed by atoms with E-state index in [4.69, 9.17) is 14.7 Å². The molecule has 0 unspecified atom stereocenters. The van der Waals surface area contributed by atoms with Crippen molar-refractivity contribution in [3.8, 4) is 11.1 Å². The summed E-state index contributed by atoms with van der Waals surface area (Å²) in [6.45, 7) is 7.17. The van der Waals surface area contributed by atoms with Crippen molar-refractivity contribution < 1.29 is 34.2 Å². The zero-order chi connectivity index (χ0) is 41.1. The van der Waals surface area contributed by atoms with Gasteiger partial charge in [-0.25, -0.2) is 5.48 Å². The lowest BCUT2D eigenvalue weighted by Crippen LogP contribution is -2.61. The number of unbranched alkanes of at least 4 members (excludes halogenated alkanes) is 3. The number of amides is 3. The standard InChI is InChI=1S/C47H64N4O7/c1-47(2,3)49-45(55)41-25-24-34-13-8-9-17-40(34)51(41)30-39-28-42(35-22-20-32(31-52)21-23-35)58-46(57-39)38-16-11-15-37(27-38)36-14-10-12-33(26-36)29-48-43(53)18-6-4-5-7-19-44(54)50-56/h10-12,14-16,20-23,26-27,34,39-42,46,52,56H,4-9,13,17-19,24-25,28-31H2,1-3H3,(H,48,53)(H,49,55)(H,50,54)/t34-,39+,40-,41-,42-,46-/m1/s1. The van der Waals surface area contributed by atoms with Crippen LogP contribution in [0.15, 0.2) is 72.8 Å². The monoisotopic (exact) mass is 796 g/mol. The molecule has 11 heteroatoms. The fourth-order valence-electron chi connectivity index (χ4n) is 8.99. The zero-order valence-electron chi connectivity index (χ0n) is 34.6. The van der Waals surface area contributed by atoms with Crippen molar-refractivity contribution in [2.45, 2.75) is 154 Å². The third kappa shape index (κ3) is 12.2. The number of piperidine rings is 1. The molecule has 0 spiro atoms. The van der Waals surface area contributed by atoms with E-state index in [0.29, 0.717) is 44.3 Å². The molecule has 58 heavy (non-hydrogen) atoms. The van der Waals surface area contributed by atoms with Crippen LogP contribution in [0, 0.1) is 5.92 Å². The molecule has 1 aliphatic carbocycles. The summed E-state index contributed by atoms with van der Waals surface area (Å²) in [6.07, 6.45) is 10.1. The Kier molecular flexibility index (Phi) is 15.5. The van der Waals surface area contributed by atoms with Crippen molar-refractivity contribution in [3.05, 3.63) is 95.1 Å². The number of hydrogen-bond acceptors (Lipinski definition) is 8. The number of nitrogens with one attached hydrogen (secondary N) is 3. The van der Waals surface area contributed by atoms with Crippen molar-refractivity contribution in [2.24, 2.45) is 5.92 Å². The van der Waals surface area contributed by atoms with Crippen LogP contribution in [0.2, 0.25) is 0 Å². The normalized spacial score (nSPS) is 23.7. The molecule has 314 valence electrons. The van der Waals surface area contributed by atoms with E-state index in [2.05, 4.69) is 39.8 Å². The number of fused-ring (bicyclic) bond motifs is 1. The highest BCUT2D eigenvalue weighted by Crippen LogP contribution is 2.42. The van der Waals surface area contributed by atoms with Crippen LogP contribution in [-0.4, -0.2) is 63.2 Å². The molecule has 6 atom stereocenters. The molecule has 3 aliphatic rings. The fraction of sp³-hybridized carbons (Fsp3) is 0.553. The zero-order valence-corrected chi connectivity index (χ0v) is 34.6. The van der Waals surface area contributed by atoms with Gasteiger partial charge in [0.2, 0.25) is 17.7 Å². The molecule has 1 saturated carbocycles. The number of benzene rings is 3. The Morgan fingerprint density at radius 3 is 2.21 bits per heavy atom. The highest BCUT2D eigenvalue weighted by molar-refractivity contribution is 5.82. The summed E-state index contributed by atoms with van der Waals surface area (Å²) in [6, 6.07) is 24.6. The SMILES string of the molecule is CC(C)(C)NC(=O)[C@H]1CC[C@H]2CCCC[C@H]2N1C[C@@H]1C[C@H](c2ccc(CO)cc2)O[C@H](c2cccc(-c3cccc(CNC(=O)CCCCCCC(=O)NO)c3)c2)O1. The number of carbonyl (C=O) groups excluding carboxylic acids is 3. The van der Waals surface area contributed by atoms with E-state index in [0.717, 1.165) is 71.9 Å². The van der Waals surface area contributed by atoms with E-state index in [1.54, 1.807) is 5.48 Å². The lowest BCUT2D eigenvalue weighted by Gasteiger charge is -2.50. The summed E-state index contributed by atoms with van der Waals surface area (Å²) in [5.74, 6) is 0.303. The fourth-order valence-corrected chi connectivity index (χ4v) is 8.99. The molecule has 2 heterocycles. The van der Waals surface area contributed by atoms with E-state index in [1.165, 1.54) is 19.3 Å². The second-order valence-electron chi connectivity index (χ2n) is 17.5.